The molecule has 1 aromatic carbocycles. The third-order valence-electron chi connectivity index (χ3n) is 5.39. The zero-order valence-corrected chi connectivity index (χ0v) is 18.7. The fourth-order valence-corrected chi connectivity index (χ4v) is 3.42. The van der Waals surface area contributed by atoms with E-state index in [2.05, 4.69) is 31.2 Å². The molecule has 1 unspecified atom stereocenters. The molecule has 0 aliphatic rings. The largest absolute Gasteiger partial charge is 0.481 e. The molecule has 35 heavy (non-hydrogen) atoms. The first-order valence-electron chi connectivity index (χ1n) is 10.4. The predicted octanol–water partition coefficient (Wildman–Crippen LogP) is 0.766. The summed E-state index contributed by atoms with van der Waals surface area (Å²) in [6.07, 6.45) is 7.03. The van der Waals surface area contributed by atoms with Crippen molar-refractivity contribution in [3.8, 4) is 12.3 Å². The quantitative estimate of drug-likeness (QED) is 0.272. The number of nitrogens with zero attached hydrogens (tertiary/aromatic N) is 4. The van der Waals surface area contributed by atoms with E-state index < -0.39 is 29.3 Å². The number of nitrogens with two attached hydrogens (primary N) is 2. The number of rotatable bonds is 9. The van der Waals surface area contributed by atoms with Crippen molar-refractivity contribution in [3.63, 3.8) is 0 Å². The second-order valence-electron chi connectivity index (χ2n) is 8.03. The van der Waals surface area contributed by atoms with Crippen LogP contribution in [0, 0.1) is 12.3 Å². The number of nitrogen functional groups attached to an aromatic ring is 2. The van der Waals surface area contributed by atoms with Crippen LogP contribution >= 0.6 is 0 Å². The van der Waals surface area contributed by atoms with E-state index in [1.807, 2.05) is 6.92 Å². The van der Waals surface area contributed by atoms with E-state index >= 15 is 0 Å². The highest BCUT2D eigenvalue weighted by Crippen LogP contribution is 2.28. The molecule has 0 aliphatic carbocycles. The fourth-order valence-electron chi connectivity index (χ4n) is 3.42. The molecule has 7 N–H and O–H groups in total. The van der Waals surface area contributed by atoms with Crippen LogP contribution in [0.5, 0.6) is 0 Å². The number of hydrogen-bond donors (Lipinski definition) is 5. The van der Waals surface area contributed by atoms with Crippen molar-refractivity contribution >= 4 is 40.8 Å². The van der Waals surface area contributed by atoms with E-state index in [1.165, 1.54) is 18.3 Å². The summed E-state index contributed by atoms with van der Waals surface area (Å²) in [6.45, 7) is 1.82. The van der Waals surface area contributed by atoms with Gasteiger partial charge in [-0.2, -0.15) is 9.97 Å². The first kappa shape index (κ1) is 24.8. The van der Waals surface area contributed by atoms with Gasteiger partial charge in [-0.05, 0) is 31.0 Å². The van der Waals surface area contributed by atoms with E-state index in [1.54, 1.807) is 12.1 Å². The second-order valence-corrected chi connectivity index (χ2v) is 8.03. The number of anilines is 2. The molecule has 0 spiro atoms. The molecule has 3 rings (SSSR count). The first-order chi connectivity index (χ1) is 16.5. The highest BCUT2D eigenvalue weighted by atomic mass is 16.4. The summed E-state index contributed by atoms with van der Waals surface area (Å²) in [5.74, 6) is -0.273. The first-order valence-corrected chi connectivity index (χ1v) is 10.4. The van der Waals surface area contributed by atoms with E-state index in [9.17, 15) is 19.5 Å². The van der Waals surface area contributed by atoms with Crippen molar-refractivity contribution in [2.24, 2.45) is 0 Å². The molecule has 0 saturated carbocycles. The lowest BCUT2D eigenvalue weighted by atomic mass is 9.79. The molecule has 1 amide bonds. The number of amides is 1. The number of aliphatic carboxylic acids is 2. The highest BCUT2D eigenvalue weighted by Gasteiger charge is 2.27. The minimum atomic E-state index is -1.33. The van der Waals surface area contributed by atoms with Crippen molar-refractivity contribution in [2.45, 2.75) is 37.6 Å². The maximum absolute atomic E-state index is 12.5. The molecule has 2 aromatic heterocycles. The Morgan fingerprint density at radius 1 is 1.14 bits per heavy atom. The van der Waals surface area contributed by atoms with Gasteiger partial charge >= 0.3 is 11.9 Å². The number of benzene rings is 1. The average molecular weight is 477 g/mol. The standard InChI is InChI=1S/C23H23N7O5/c1-3-23(2,10-14-11-26-19-17(27-14)18(24)29-22(25)30-19)13-6-4-12(5-7-13)20(33)28-15(21(34)35)8-9-16(31)32/h1,4-7,11,15H,8-10H2,2H3,(H,28,33)(H,31,32)(H,34,35)(H4,24,25,26,29,30)/t15-,23?/m0/s1. The van der Waals surface area contributed by atoms with Crippen LogP contribution in [0.25, 0.3) is 11.2 Å². The van der Waals surface area contributed by atoms with Crippen molar-refractivity contribution in [1.29, 1.82) is 0 Å². The van der Waals surface area contributed by atoms with Crippen molar-refractivity contribution < 1.29 is 24.6 Å². The topological polar surface area (TPSA) is 207 Å². The van der Waals surface area contributed by atoms with Gasteiger partial charge in [0.1, 0.15) is 6.04 Å². The molecule has 0 fully saturated rings. The minimum absolute atomic E-state index is 0.00815. The maximum atomic E-state index is 12.5. The summed E-state index contributed by atoms with van der Waals surface area (Å²) in [4.78, 5) is 51.2. The van der Waals surface area contributed by atoms with Crippen LogP contribution in [0.2, 0.25) is 0 Å². The van der Waals surface area contributed by atoms with Crippen LogP contribution in [0.15, 0.2) is 30.5 Å². The van der Waals surface area contributed by atoms with Crippen LogP contribution in [0.1, 0.15) is 41.4 Å². The van der Waals surface area contributed by atoms with Gasteiger partial charge in [0.2, 0.25) is 5.95 Å². The molecule has 0 bridgehead atoms. The smallest absolute Gasteiger partial charge is 0.326 e. The molecular weight excluding hydrogens is 454 g/mol. The van der Waals surface area contributed by atoms with Crippen LogP contribution in [-0.2, 0) is 21.4 Å². The van der Waals surface area contributed by atoms with Crippen LogP contribution in [-0.4, -0.2) is 54.0 Å². The fraction of sp³-hybridized carbons (Fsp3) is 0.261. The number of carbonyl (C=O) groups is 3. The van der Waals surface area contributed by atoms with Crippen LogP contribution in [0.3, 0.4) is 0 Å². The van der Waals surface area contributed by atoms with Gasteiger partial charge in [-0.15, -0.1) is 6.42 Å². The monoisotopic (exact) mass is 477 g/mol. The van der Waals surface area contributed by atoms with Gasteiger partial charge in [0.15, 0.2) is 17.0 Å². The number of aromatic nitrogens is 4. The van der Waals surface area contributed by atoms with Crippen LogP contribution < -0.4 is 16.8 Å². The van der Waals surface area contributed by atoms with Gasteiger partial charge in [-0.3, -0.25) is 9.59 Å². The van der Waals surface area contributed by atoms with Gasteiger partial charge in [0.25, 0.3) is 5.91 Å². The highest BCUT2D eigenvalue weighted by molar-refractivity contribution is 5.96. The summed E-state index contributed by atoms with van der Waals surface area (Å²) in [5.41, 5.74) is 12.7. The van der Waals surface area contributed by atoms with Gasteiger partial charge in [-0.25, -0.2) is 14.8 Å². The third-order valence-corrected chi connectivity index (χ3v) is 5.39. The van der Waals surface area contributed by atoms with E-state index in [0.717, 1.165) is 0 Å². The molecule has 2 atom stereocenters. The maximum Gasteiger partial charge on any atom is 0.326 e. The Morgan fingerprint density at radius 2 is 1.83 bits per heavy atom. The number of carboxylic acid groups (broad SMARTS) is 2. The van der Waals surface area contributed by atoms with Gasteiger partial charge in [0.05, 0.1) is 17.3 Å². The molecule has 0 radical (unpaired) electrons. The van der Waals surface area contributed by atoms with Crippen molar-refractivity contribution in [2.75, 3.05) is 11.5 Å². The Morgan fingerprint density at radius 3 is 2.43 bits per heavy atom. The van der Waals surface area contributed by atoms with E-state index in [-0.39, 0.29) is 42.2 Å². The van der Waals surface area contributed by atoms with Crippen molar-refractivity contribution in [1.82, 2.24) is 25.3 Å². The third kappa shape index (κ3) is 5.77. The summed E-state index contributed by atoms with van der Waals surface area (Å²) in [5, 5.41) is 20.3. The van der Waals surface area contributed by atoms with Gasteiger partial charge in [-0.1, -0.05) is 18.1 Å². The number of hydrogen-bond acceptors (Lipinski definition) is 9. The number of fused-ring (bicyclic) bond motifs is 1. The van der Waals surface area contributed by atoms with Gasteiger partial charge in [0, 0.05) is 18.4 Å². The van der Waals surface area contributed by atoms with Gasteiger partial charge < -0.3 is 27.0 Å². The molecule has 12 nitrogen and oxygen atoms in total. The lowest BCUT2D eigenvalue weighted by Crippen LogP contribution is -2.41. The Hall–Kier alpha value is -4.79. The predicted molar refractivity (Wildman–Crippen MR) is 126 cm³/mol. The number of carboxylic acids is 2. The second kappa shape index (κ2) is 10.0. The number of terminal acetylenes is 1. The number of carbonyl (C=O) groups excluding carboxylic acids is 1. The summed E-state index contributed by atoms with van der Waals surface area (Å²) < 4.78 is 0. The number of nitrogens with one attached hydrogen (secondary N) is 1. The van der Waals surface area contributed by atoms with Crippen molar-refractivity contribution in [3.05, 3.63) is 47.3 Å². The lowest BCUT2D eigenvalue weighted by Gasteiger charge is -2.24. The average Bonchev–Trinajstić information content (AvgIpc) is 2.81. The summed E-state index contributed by atoms with van der Waals surface area (Å²) >= 11 is 0. The SMILES string of the molecule is C#CC(C)(Cc1cnc2nc(N)nc(N)c2n1)c1ccc(C(=O)N[C@@H](CCC(=O)O)C(=O)O)cc1. The Kier molecular flexibility index (Phi) is 7.10. The molecule has 0 aliphatic heterocycles. The van der Waals surface area contributed by atoms with Crippen LogP contribution in [0.4, 0.5) is 11.8 Å². The Bertz CT molecular complexity index is 1340. The molecule has 3 aromatic rings. The molecule has 12 heteroatoms. The molecule has 180 valence electrons. The van der Waals surface area contributed by atoms with E-state index in [4.69, 9.17) is 23.0 Å². The lowest BCUT2D eigenvalue weighted by molar-refractivity contribution is -0.140. The minimum Gasteiger partial charge on any atom is -0.481 e. The normalized spacial score (nSPS) is 13.4. The molecular formula is C23H23N7O5. The summed E-state index contributed by atoms with van der Waals surface area (Å²) in [6, 6.07) is 5.02. The van der Waals surface area contributed by atoms with E-state index in [0.29, 0.717) is 16.8 Å². The Balaban J connectivity index is 1.79. The molecule has 2 heterocycles. The summed E-state index contributed by atoms with van der Waals surface area (Å²) in [7, 11) is 0. The zero-order chi connectivity index (χ0) is 25.8. The zero-order valence-electron chi connectivity index (χ0n) is 18.7. The molecule has 0 saturated heterocycles. The Labute approximate surface area is 199 Å².